The van der Waals surface area contributed by atoms with Gasteiger partial charge in [-0.25, -0.2) is 4.98 Å². The average Bonchev–Trinajstić information content (AvgIpc) is 2.78. The van der Waals surface area contributed by atoms with Crippen LogP contribution in [-0.2, 0) is 0 Å². The Labute approximate surface area is 132 Å². The molecule has 2 heterocycles. The minimum atomic E-state index is -0.311. The second-order valence-corrected chi connectivity index (χ2v) is 5.50. The summed E-state index contributed by atoms with van der Waals surface area (Å²) in [6.07, 6.45) is 2.07. The monoisotopic (exact) mass is 315 g/mol. The number of benzene rings is 1. The standard InChI is InChI=1S/C16H14ClN3O2/c17-14-6-5-10(9-19-14)13(18)7-8-20-15(21)11-3-1-2-4-12(11)16(20)22/h1-6,9,13H,7-8,18H2. The largest absolute Gasteiger partial charge is 0.324 e. The average molecular weight is 316 g/mol. The van der Waals surface area contributed by atoms with E-state index in [-0.39, 0.29) is 24.4 Å². The molecule has 3 rings (SSSR count). The Morgan fingerprint density at radius 2 is 1.73 bits per heavy atom. The van der Waals surface area contributed by atoms with Gasteiger partial charge in [0, 0.05) is 18.8 Å². The normalized spacial score (nSPS) is 15.1. The maximum absolute atomic E-state index is 12.2. The van der Waals surface area contributed by atoms with E-state index >= 15 is 0 Å². The summed E-state index contributed by atoms with van der Waals surface area (Å²) in [6, 6.07) is 9.98. The number of carbonyl (C=O) groups excluding carboxylic acids is 2. The molecule has 1 aliphatic rings. The number of hydrogen-bond acceptors (Lipinski definition) is 4. The van der Waals surface area contributed by atoms with Crippen molar-refractivity contribution in [3.05, 3.63) is 64.4 Å². The number of fused-ring (bicyclic) bond motifs is 1. The number of imide groups is 1. The Morgan fingerprint density at radius 3 is 2.27 bits per heavy atom. The van der Waals surface area contributed by atoms with Crippen molar-refractivity contribution in [2.75, 3.05) is 6.54 Å². The van der Waals surface area contributed by atoms with Crippen molar-refractivity contribution < 1.29 is 9.59 Å². The van der Waals surface area contributed by atoms with Gasteiger partial charge < -0.3 is 5.73 Å². The molecular formula is C16H14ClN3O2. The molecule has 1 atom stereocenters. The first-order valence-electron chi connectivity index (χ1n) is 6.90. The minimum Gasteiger partial charge on any atom is -0.324 e. The highest BCUT2D eigenvalue weighted by Gasteiger charge is 2.34. The van der Waals surface area contributed by atoms with Crippen molar-refractivity contribution in [1.82, 2.24) is 9.88 Å². The van der Waals surface area contributed by atoms with Crippen LogP contribution in [0.1, 0.15) is 38.7 Å². The van der Waals surface area contributed by atoms with E-state index in [0.717, 1.165) is 5.56 Å². The third-order valence-electron chi connectivity index (χ3n) is 3.72. The lowest BCUT2D eigenvalue weighted by atomic mass is 10.1. The molecule has 2 amide bonds. The Hall–Kier alpha value is -2.24. The predicted molar refractivity (Wildman–Crippen MR) is 82.6 cm³/mol. The van der Waals surface area contributed by atoms with Crippen LogP contribution in [0.2, 0.25) is 5.15 Å². The van der Waals surface area contributed by atoms with Crippen LogP contribution in [0.3, 0.4) is 0 Å². The number of nitrogens with two attached hydrogens (primary N) is 1. The third kappa shape index (κ3) is 2.61. The van der Waals surface area contributed by atoms with Crippen LogP contribution in [0.5, 0.6) is 0 Å². The second kappa shape index (κ2) is 5.87. The van der Waals surface area contributed by atoms with E-state index in [1.807, 2.05) is 0 Å². The van der Waals surface area contributed by atoms with Crippen LogP contribution >= 0.6 is 11.6 Å². The van der Waals surface area contributed by atoms with Gasteiger partial charge in [0.15, 0.2) is 0 Å². The summed E-state index contributed by atoms with van der Waals surface area (Å²) in [6.45, 7) is 0.274. The number of halogens is 1. The van der Waals surface area contributed by atoms with Crippen LogP contribution < -0.4 is 5.73 Å². The number of pyridine rings is 1. The fraction of sp³-hybridized carbons (Fsp3) is 0.188. The number of aromatic nitrogens is 1. The molecule has 0 spiro atoms. The molecule has 2 N–H and O–H groups in total. The summed E-state index contributed by atoms with van der Waals surface area (Å²) >= 11 is 5.74. The number of hydrogen-bond donors (Lipinski definition) is 1. The third-order valence-corrected chi connectivity index (χ3v) is 3.94. The van der Waals surface area contributed by atoms with Crippen molar-refractivity contribution in [3.63, 3.8) is 0 Å². The molecule has 0 radical (unpaired) electrons. The molecule has 0 saturated heterocycles. The fourth-order valence-corrected chi connectivity index (χ4v) is 2.60. The lowest BCUT2D eigenvalue weighted by Crippen LogP contribution is -2.32. The highest BCUT2D eigenvalue weighted by Crippen LogP contribution is 2.24. The molecule has 1 aliphatic heterocycles. The van der Waals surface area contributed by atoms with Crippen molar-refractivity contribution in [2.24, 2.45) is 5.73 Å². The summed E-state index contributed by atoms with van der Waals surface area (Å²) in [4.78, 5) is 29.7. The van der Waals surface area contributed by atoms with Gasteiger partial charge in [0.05, 0.1) is 11.1 Å². The van der Waals surface area contributed by atoms with Gasteiger partial charge in [-0.15, -0.1) is 0 Å². The van der Waals surface area contributed by atoms with E-state index in [1.165, 1.54) is 4.90 Å². The molecule has 5 nitrogen and oxygen atoms in total. The highest BCUT2D eigenvalue weighted by atomic mass is 35.5. The van der Waals surface area contributed by atoms with Crippen LogP contribution in [0.15, 0.2) is 42.6 Å². The van der Waals surface area contributed by atoms with Gasteiger partial charge >= 0.3 is 0 Å². The lowest BCUT2D eigenvalue weighted by Gasteiger charge is -2.17. The molecule has 1 aromatic carbocycles. The van der Waals surface area contributed by atoms with Gasteiger partial charge in [-0.05, 0) is 30.2 Å². The van der Waals surface area contributed by atoms with E-state index in [0.29, 0.717) is 22.7 Å². The summed E-state index contributed by atoms with van der Waals surface area (Å²) in [7, 11) is 0. The maximum atomic E-state index is 12.2. The first-order chi connectivity index (χ1) is 10.6. The Bertz CT molecular complexity index is 695. The van der Waals surface area contributed by atoms with Gasteiger partial charge in [-0.3, -0.25) is 14.5 Å². The zero-order valence-corrected chi connectivity index (χ0v) is 12.5. The molecule has 0 aliphatic carbocycles. The van der Waals surface area contributed by atoms with Crippen LogP contribution in [-0.4, -0.2) is 28.2 Å². The van der Waals surface area contributed by atoms with Crippen molar-refractivity contribution >= 4 is 23.4 Å². The molecule has 1 aromatic heterocycles. The molecule has 0 saturated carbocycles. The quantitative estimate of drug-likeness (QED) is 0.694. The van der Waals surface area contributed by atoms with Crippen LogP contribution in [0.4, 0.5) is 0 Å². The molecule has 0 fully saturated rings. The summed E-state index contributed by atoms with van der Waals surface area (Å²) in [5, 5.41) is 0.399. The molecule has 112 valence electrons. The topological polar surface area (TPSA) is 76.3 Å². The smallest absolute Gasteiger partial charge is 0.261 e. The predicted octanol–water partition coefficient (Wildman–Crippen LogP) is 2.42. The van der Waals surface area contributed by atoms with E-state index < -0.39 is 0 Å². The molecule has 2 aromatic rings. The summed E-state index contributed by atoms with van der Waals surface area (Å²) < 4.78 is 0. The summed E-state index contributed by atoms with van der Waals surface area (Å²) in [5.74, 6) is -0.524. The van der Waals surface area contributed by atoms with Crippen LogP contribution in [0.25, 0.3) is 0 Å². The zero-order chi connectivity index (χ0) is 15.7. The summed E-state index contributed by atoms with van der Waals surface area (Å²) in [5.41, 5.74) is 7.81. The SMILES string of the molecule is NC(CCN1C(=O)c2ccccc2C1=O)c1ccc(Cl)nc1. The Kier molecular flexibility index (Phi) is 3.92. The van der Waals surface area contributed by atoms with E-state index in [4.69, 9.17) is 17.3 Å². The Balaban J connectivity index is 1.69. The molecule has 22 heavy (non-hydrogen) atoms. The first kappa shape index (κ1) is 14.7. The Morgan fingerprint density at radius 1 is 1.09 bits per heavy atom. The fourth-order valence-electron chi connectivity index (χ4n) is 2.48. The van der Waals surface area contributed by atoms with Crippen molar-refractivity contribution in [1.29, 1.82) is 0 Å². The lowest BCUT2D eigenvalue weighted by molar-refractivity contribution is 0.0650. The highest BCUT2D eigenvalue weighted by molar-refractivity contribution is 6.29. The van der Waals surface area contributed by atoms with Crippen molar-refractivity contribution in [3.8, 4) is 0 Å². The zero-order valence-electron chi connectivity index (χ0n) is 11.7. The van der Waals surface area contributed by atoms with Gasteiger partial charge in [0.1, 0.15) is 5.15 Å². The van der Waals surface area contributed by atoms with Gasteiger partial charge in [0.25, 0.3) is 11.8 Å². The maximum Gasteiger partial charge on any atom is 0.261 e. The second-order valence-electron chi connectivity index (χ2n) is 5.12. The number of carbonyl (C=O) groups is 2. The van der Waals surface area contributed by atoms with E-state index in [1.54, 1.807) is 42.6 Å². The number of nitrogens with zero attached hydrogens (tertiary/aromatic N) is 2. The van der Waals surface area contributed by atoms with Gasteiger partial charge in [-0.2, -0.15) is 0 Å². The molecular weight excluding hydrogens is 302 g/mol. The van der Waals surface area contributed by atoms with E-state index in [2.05, 4.69) is 4.98 Å². The van der Waals surface area contributed by atoms with Gasteiger partial charge in [-0.1, -0.05) is 29.8 Å². The first-order valence-corrected chi connectivity index (χ1v) is 7.28. The van der Waals surface area contributed by atoms with Crippen LogP contribution in [0, 0.1) is 0 Å². The van der Waals surface area contributed by atoms with Gasteiger partial charge in [0.2, 0.25) is 0 Å². The molecule has 6 heteroatoms. The number of rotatable bonds is 4. The minimum absolute atomic E-state index is 0.262. The molecule has 1 unspecified atom stereocenters. The van der Waals surface area contributed by atoms with Crippen molar-refractivity contribution in [2.45, 2.75) is 12.5 Å². The molecule has 0 bridgehead atoms. The van der Waals surface area contributed by atoms with E-state index in [9.17, 15) is 9.59 Å². The number of amides is 2.